The van der Waals surface area contributed by atoms with Gasteiger partial charge in [-0.25, -0.2) is 9.78 Å². The predicted octanol–water partition coefficient (Wildman–Crippen LogP) is 6.11. The summed E-state index contributed by atoms with van der Waals surface area (Å²) >= 11 is 6.28. The number of benzene rings is 3. The summed E-state index contributed by atoms with van der Waals surface area (Å²) in [5, 5.41) is 4.07. The SMILES string of the molecule is CC(c1nc2ccccc2c(=O)n1-c1cccc(Cl)c1)N(Cc1ccccc1)C(=O)NC(C)(C)C. The lowest BCUT2D eigenvalue weighted by Crippen LogP contribution is -2.49. The van der Waals surface area contributed by atoms with E-state index in [9.17, 15) is 9.59 Å². The Labute approximate surface area is 210 Å². The summed E-state index contributed by atoms with van der Waals surface area (Å²) in [4.78, 5) is 33.8. The summed E-state index contributed by atoms with van der Waals surface area (Å²) < 4.78 is 1.56. The molecule has 4 aromatic rings. The quantitative estimate of drug-likeness (QED) is 0.368. The van der Waals surface area contributed by atoms with E-state index in [1.807, 2.05) is 82.3 Å². The summed E-state index contributed by atoms with van der Waals surface area (Å²) in [6.45, 7) is 8.05. The van der Waals surface area contributed by atoms with Gasteiger partial charge in [-0.3, -0.25) is 9.36 Å². The Kier molecular flexibility index (Phi) is 6.94. The van der Waals surface area contributed by atoms with E-state index in [0.29, 0.717) is 34.0 Å². The van der Waals surface area contributed by atoms with Gasteiger partial charge < -0.3 is 10.2 Å². The Balaban J connectivity index is 1.90. The molecular formula is C28H29ClN4O2. The zero-order valence-electron chi connectivity index (χ0n) is 20.3. The molecule has 0 aliphatic rings. The molecule has 0 spiro atoms. The number of halogens is 1. The number of fused-ring (bicyclic) bond motifs is 1. The first kappa shape index (κ1) is 24.5. The molecule has 0 fully saturated rings. The number of para-hydroxylation sites is 1. The van der Waals surface area contributed by atoms with E-state index in [1.165, 1.54) is 0 Å². The fourth-order valence-corrected chi connectivity index (χ4v) is 4.18. The molecule has 3 aromatic carbocycles. The van der Waals surface area contributed by atoms with Gasteiger partial charge in [-0.2, -0.15) is 0 Å². The van der Waals surface area contributed by atoms with Crippen LogP contribution in [-0.4, -0.2) is 26.0 Å². The molecular weight excluding hydrogens is 460 g/mol. The summed E-state index contributed by atoms with van der Waals surface area (Å²) in [6, 6.07) is 23.3. The molecule has 2 amide bonds. The number of nitrogens with one attached hydrogen (secondary N) is 1. The number of carbonyl (C=O) groups excluding carboxylic acids is 1. The zero-order chi connectivity index (χ0) is 25.2. The summed E-state index contributed by atoms with van der Waals surface area (Å²) in [5.74, 6) is 0.455. The Bertz CT molecular complexity index is 1410. The van der Waals surface area contributed by atoms with Gasteiger partial charge in [0.15, 0.2) is 0 Å². The van der Waals surface area contributed by atoms with Crippen molar-refractivity contribution in [2.45, 2.75) is 45.8 Å². The van der Waals surface area contributed by atoms with Crippen LogP contribution in [0, 0.1) is 0 Å². The molecule has 0 saturated carbocycles. The Morgan fingerprint density at radius 1 is 1.03 bits per heavy atom. The Morgan fingerprint density at radius 3 is 2.40 bits per heavy atom. The van der Waals surface area contributed by atoms with E-state index in [4.69, 9.17) is 16.6 Å². The van der Waals surface area contributed by atoms with Crippen LogP contribution in [0.15, 0.2) is 83.7 Å². The van der Waals surface area contributed by atoms with Crippen LogP contribution < -0.4 is 10.9 Å². The highest BCUT2D eigenvalue weighted by atomic mass is 35.5. The number of hydrogen-bond acceptors (Lipinski definition) is 3. The van der Waals surface area contributed by atoms with Crippen molar-refractivity contribution in [3.63, 3.8) is 0 Å². The van der Waals surface area contributed by atoms with Crippen molar-refractivity contribution in [3.05, 3.63) is 106 Å². The van der Waals surface area contributed by atoms with Crippen LogP contribution in [0.1, 0.15) is 45.1 Å². The molecule has 1 unspecified atom stereocenters. The van der Waals surface area contributed by atoms with E-state index in [1.54, 1.807) is 33.7 Å². The normalized spacial score (nSPS) is 12.4. The molecule has 1 N–H and O–H groups in total. The monoisotopic (exact) mass is 488 g/mol. The van der Waals surface area contributed by atoms with Gasteiger partial charge in [0.25, 0.3) is 5.56 Å². The van der Waals surface area contributed by atoms with Gasteiger partial charge in [0.1, 0.15) is 5.82 Å². The van der Waals surface area contributed by atoms with Crippen LogP contribution in [0.4, 0.5) is 4.79 Å². The highest BCUT2D eigenvalue weighted by molar-refractivity contribution is 6.30. The second-order valence-electron chi connectivity index (χ2n) is 9.58. The van der Waals surface area contributed by atoms with E-state index in [0.717, 1.165) is 5.56 Å². The minimum Gasteiger partial charge on any atom is -0.333 e. The van der Waals surface area contributed by atoms with Gasteiger partial charge in [0, 0.05) is 17.1 Å². The van der Waals surface area contributed by atoms with Crippen molar-refractivity contribution in [3.8, 4) is 5.69 Å². The summed E-state index contributed by atoms with van der Waals surface area (Å²) in [6.07, 6.45) is 0. The van der Waals surface area contributed by atoms with Crippen LogP contribution in [0.25, 0.3) is 16.6 Å². The third-order valence-electron chi connectivity index (χ3n) is 5.65. The second kappa shape index (κ2) is 9.92. The average Bonchev–Trinajstić information content (AvgIpc) is 2.81. The average molecular weight is 489 g/mol. The van der Waals surface area contributed by atoms with Gasteiger partial charge >= 0.3 is 6.03 Å². The maximum absolute atomic E-state index is 13.7. The van der Waals surface area contributed by atoms with Crippen molar-refractivity contribution in [1.29, 1.82) is 0 Å². The van der Waals surface area contributed by atoms with Crippen molar-refractivity contribution in [1.82, 2.24) is 19.8 Å². The third-order valence-corrected chi connectivity index (χ3v) is 5.88. The standard InChI is InChI=1S/C28H29ClN4O2/c1-19(32(27(35)31-28(2,3)4)18-20-11-6-5-7-12-20)25-30-24-16-9-8-15-23(24)26(34)33(25)22-14-10-13-21(29)17-22/h5-17,19H,18H2,1-4H3,(H,31,35). The fourth-order valence-electron chi connectivity index (χ4n) is 3.99. The molecule has 0 bridgehead atoms. The zero-order valence-corrected chi connectivity index (χ0v) is 21.1. The van der Waals surface area contributed by atoms with E-state index >= 15 is 0 Å². The molecule has 7 heteroatoms. The lowest BCUT2D eigenvalue weighted by molar-refractivity contribution is 0.163. The highest BCUT2D eigenvalue weighted by Gasteiger charge is 2.29. The number of aromatic nitrogens is 2. The molecule has 1 heterocycles. The molecule has 0 saturated heterocycles. The maximum atomic E-state index is 13.7. The van der Waals surface area contributed by atoms with Crippen LogP contribution >= 0.6 is 11.6 Å². The number of rotatable bonds is 5. The van der Waals surface area contributed by atoms with Crippen LogP contribution in [0.3, 0.4) is 0 Å². The van der Waals surface area contributed by atoms with Crippen LogP contribution in [0.5, 0.6) is 0 Å². The molecule has 0 aliphatic carbocycles. The van der Waals surface area contributed by atoms with Gasteiger partial charge in [0.05, 0.1) is 22.6 Å². The third kappa shape index (κ3) is 5.54. The molecule has 1 atom stereocenters. The first-order chi connectivity index (χ1) is 16.6. The van der Waals surface area contributed by atoms with Gasteiger partial charge in [-0.1, -0.05) is 60.1 Å². The predicted molar refractivity (Wildman–Crippen MR) is 141 cm³/mol. The van der Waals surface area contributed by atoms with E-state index < -0.39 is 11.6 Å². The first-order valence-electron chi connectivity index (χ1n) is 11.5. The first-order valence-corrected chi connectivity index (χ1v) is 11.9. The maximum Gasteiger partial charge on any atom is 0.318 e. The topological polar surface area (TPSA) is 67.2 Å². The van der Waals surface area contributed by atoms with Crippen molar-refractivity contribution < 1.29 is 4.79 Å². The fraction of sp³-hybridized carbons (Fsp3) is 0.250. The van der Waals surface area contributed by atoms with E-state index in [2.05, 4.69) is 5.32 Å². The number of nitrogens with zero attached hydrogens (tertiary/aromatic N) is 3. The molecule has 0 radical (unpaired) electrons. The summed E-state index contributed by atoms with van der Waals surface area (Å²) in [7, 11) is 0. The number of hydrogen-bond donors (Lipinski definition) is 1. The minimum atomic E-state index is -0.533. The van der Waals surface area contributed by atoms with Gasteiger partial charge in [0.2, 0.25) is 0 Å². The molecule has 6 nitrogen and oxygen atoms in total. The number of urea groups is 1. The number of carbonyl (C=O) groups is 1. The lowest BCUT2D eigenvalue weighted by Gasteiger charge is -2.33. The van der Waals surface area contributed by atoms with Crippen molar-refractivity contribution >= 4 is 28.5 Å². The Hall–Kier alpha value is -3.64. The van der Waals surface area contributed by atoms with Crippen LogP contribution in [-0.2, 0) is 6.54 Å². The van der Waals surface area contributed by atoms with Gasteiger partial charge in [-0.15, -0.1) is 0 Å². The molecule has 1 aromatic heterocycles. The summed E-state index contributed by atoms with van der Waals surface area (Å²) in [5.41, 5.74) is 1.50. The van der Waals surface area contributed by atoms with Crippen molar-refractivity contribution in [2.75, 3.05) is 0 Å². The van der Waals surface area contributed by atoms with Crippen molar-refractivity contribution in [2.24, 2.45) is 0 Å². The lowest BCUT2D eigenvalue weighted by atomic mass is 10.1. The minimum absolute atomic E-state index is 0.212. The molecule has 35 heavy (non-hydrogen) atoms. The second-order valence-corrected chi connectivity index (χ2v) is 10.0. The molecule has 180 valence electrons. The highest BCUT2D eigenvalue weighted by Crippen LogP contribution is 2.26. The van der Waals surface area contributed by atoms with Gasteiger partial charge in [-0.05, 0) is 63.6 Å². The Morgan fingerprint density at radius 2 is 1.71 bits per heavy atom. The van der Waals surface area contributed by atoms with E-state index in [-0.39, 0.29) is 11.6 Å². The molecule has 0 aliphatic heterocycles. The van der Waals surface area contributed by atoms with Crippen LogP contribution in [0.2, 0.25) is 5.02 Å². The molecule has 4 rings (SSSR count). The largest absolute Gasteiger partial charge is 0.333 e. The number of amides is 2. The smallest absolute Gasteiger partial charge is 0.318 e.